The van der Waals surface area contributed by atoms with Gasteiger partial charge in [-0.15, -0.1) is 0 Å². The van der Waals surface area contributed by atoms with Gasteiger partial charge in [-0.25, -0.2) is 9.13 Å². The van der Waals surface area contributed by atoms with Crippen LogP contribution in [0.4, 0.5) is 0 Å². The fourth-order valence-corrected chi connectivity index (χ4v) is 1.25. The van der Waals surface area contributed by atoms with Gasteiger partial charge in [0.15, 0.2) is 0 Å². The van der Waals surface area contributed by atoms with Gasteiger partial charge in [-0.1, -0.05) is 0 Å². The quantitative estimate of drug-likeness (QED) is 0.295. The van der Waals surface area contributed by atoms with Crippen molar-refractivity contribution >= 4 is 15.6 Å². The summed E-state index contributed by atoms with van der Waals surface area (Å²) in [4.78, 5) is 31.0. The number of hydrogen-bond donors (Lipinski definition) is 4. The molecule has 0 aromatic rings. The van der Waals surface area contributed by atoms with Crippen LogP contribution < -0.4 is 162 Å². The molecule has 4 N–H and O–H groups in total. The molecule has 13 heavy (non-hydrogen) atoms. The molecule has 0 heterocycles. The van der Waals surface area contributed by atoms with E-state index in [1.165, 1.54) is 0 Å². The Morgan fingerprint density at radius 1 is 0.846 bits per heavy atom. The molecule has 0 spiro atoms. The van der Waals surface area contributed by atoms with Crippen LogP contribution in [0.2, 0.25) is 0 Å². The van der Waals surface area contributed by atoms with Crippen LogP contribution in [0.3, 0.4) is 0 Å². The van der Waals surface area contributed by atoms with Crippen LogP contribution in [-0.4, -0.2) is 19.6 Å². The molecule has 13 heteroatoms. The van der Waals surface area contributed by atoms with Crippen molar-refractivity contribution in [2.75, 3.05) is 0 Å². The fraction of sp³-hybridized carbons (Fsp3) is 0. The fourth-order valence-electron chi connectivity index (χ4n) is 0.139. The van der Waals surface area contributed by atoms with E-state index in [4.69, 9.17) is 19.6 Å². The first kappa shape index (κ1) is 31.1. The van der Waals surface area contributed by atoms with E-state index >= 15 is 0 Å². The first-order valence-electron chi connectivity index (χ1n) is 1.53. The minimum absolute atomic E-state index is 0. The topological polar surface area (TPSA) is 124 Å². The van der Waals surface area contributed by atoms with Gasteiger partial charge in [-0.2, -0.15) is 4.31 Å². The Labute approximate surface area is 210 Å². The smallest absolute Gasteiger partial charge is 1.00 e. The molecule has 0 aromatic carbocycles. The summed E-state index contributed by atoms with van der Waals surface area (Å²) in [6.07, 6.45) is 0. The van der Waals surface area contributed by atoms with E-state index in [-0.39, 0.29) is 168 Å². The first-order chi connectivity index (χ1) is 3.71. The summed E-state index contributed by atoms with van der Waals surface area (Å²) in [7, 11) is -10.1. The van der Waals surface area contributed by atoms with E-state index < -0.39 is 15.6 Å². The average molecular weight is 306 g/mol. The maximum Gasteiger partial charge on any atom is 1.00 e. The maximum atomic E-state index is 9.63. The summed E-state index contributed by atoms with van der Waals surface area (Å²) in [6.45, 7) is 0. The van der Waals surface area contributed by atoms with Crippen molar-refractivity contribution in [3.63, 3.8) is 0 Å². The Morgan fingerprint density at radius 3 is 1.00 bits per heavy atom. The normalized spacial score (nSPS) is 9.54. The molecule has 0 amide bonds. The van der Waals surface area contributed by atoms with E-state index in [9.17, 15) is 9.13 Å². The molecule has 0 unspecified atom stereocenters. The SMILES string of the molecule is O=P(O)(O)OP(=O)(O)O.[H-].[H-].[H-].[H-].[K+].[K+].[Na+].[Na+]. The van der Waals surface area contributed by atoms with E-state index in [1.807, 2.05) is 0 Å². The van der Waals surface area contributed by atoms with Crippen LogP contribution in [0.1, 0.15) is 5.71 Å². The van der Waals surface area contributed by atoms with Crippen LogP contribution in [0.25, 0.3) is 0 Å². The second kappa shape index (κ2) is 14.0. The van der Waals surface area contributed by atoms with Crippen LogP contribution >= 0.6 is 15.6 Å². The van der Waals surface area contributed by atoms with Gasteiger partial charge in [0.25, 0.3) is 0 Å². The largest absolute Gasteiger partial charge is 1.00 e. The van der Waals surface area contributed by atoms with Crippen molar-refractivity contribution < 1.29 is 201 Å². The van der Waals surface area contributed by atoms with Gasteiger partial charge < -0.3 is 25.3 Å². The third-order valence-electron chi connectivity index (χ3n) is 0.213. The molecule has 0 aromatic heterocycles. The summed E-state index contributed by atoms with van der Waals surface area (Å²) < 4.78 is 22.2. The summed E-state index contributed by atoms with van der Waals surface area (Å²) in [5.74, 6) is 0. The molecule has 7 nitrogen and oxygen atoms in total. The molecule has 0 fully saturated rings. The minimum Gasteiger partial charge on any atom is -1.00 e. The van der Waals surface area contributed by atoms with Gasteiger partial charge >= 0.3 is 178 Å². The van der Waals surface area contributed by atoms with Crippen LogP contribution in [0.15, 0.2) is 0 Å². The van der Waals surface area contributed by atoms with Gasteiger partial charge in [0.2, 0.25) is 0 Å². The van der Waals surface area contributed by atoms with Gasteiger partial charge in [0, 0.05) is 0 Å². The van der Waals surface area contributed by atoms with Crippen molar-refractivity contribution in [1.82, 2.24) is 0 Å². The molecular weight excluding hydrogens is 298 g/mol. The monoisotopic (exact) mass is 306 g/mol. The predicted octanol–water partition coefficient (Wildman–Crippen LogP) is -12.3. The number of rotatable bonds is 2. The van der Waals surface area contributed by atoms with Crippen molar-refractivity contribution in [1.29, 1.82) is 0 Å². The third-order valence-corrected chi connectivity index (χ3v) is 1.91. The Hall–Kier alpha value is 5.53. The summed E-state index contributed by atoms with van der Waals surface area (Å²) in [6, 6.07) is 0. The summed E-state index contributed by atoms with van der Waals surface area (Å²) >= 11 is 0. The zero-order valence-electron chi connectivity index (χ0n) is 11.9. The molecular formula is H8K2Na2O7P2. The Kier molecular flexibility index (Phi) is 33.4. The second-order valence-electron chi connectivity index (χ2n) is 1.06. The zero-order valence-corrected chi connectivity index (χ0v) is 19.9. The van der Waals surface area contributed by atoms with Crippen LogP contribution in [-0.2, 0) is 13.4 Å². The molecule has 0 aliphatic heterocycles. The summed E-state index contributed by atoms with van der Waals surface area (Å²) in [5.41, 5.74) is 0. The standard InChI is InChI=1S/2K.2Na.H4O7P2.4H/c;;;;1-8(2,3)7-9(4,5)6;;;;/h;;;;(H2,1,2,3)(H2,4,5,6);;;;/q4*+1;;4*-1. The van der Waals surface area contributed by atoms with Crippen molar-refractivity contribution in [3.05, 3.63) is 0 Å². The zero-order chi connectivity index (χ0) is 7.71. The molecule has 0 aliphatic carbocycles. The third kappa shape index (κ3) is 31.8. The maximum absolute atomic E-state index is 9.63. The first-order valence-corrected chi connectivity index (χ1v) is 4.59. The van der Waals surface area contributed by atoms with Gasteiger partial charge in [0.05, 0.1) is 0 Å². The molecule has 0 bridgehead atoms. The van der Waals surface area contributed by atoms with Crippen LogP contribution in [0, 0.1) is 0 Å². The van der Waals surface area contributed by atoms with Gasteiger partial charge in [-0.05, 0) is 0 Å². The molecule has 0 atom stereocenters. The Balaban J connectivity index is -0.0000000114. The minimum atomic E-state index is -5.05. The molecule has 0 aliphatic rings. The van der Waals surface area contributed by atoms with E-state index in [1.54, 1.807) is 0 Å². The second-order valence-corrected chi connectivity index (χ2v) is 3.68. The number of phosphoric acid groups is 2. The molecule has 0 saturated heterocycles. The van der Waals surface area contributed by atoms with Crippen LogP contribution in [0.5, 0.6) is 0 Å². The van der Waals surface area contributed by atoms with E-state index in [2.05, 4.69) is 4.31 Å². The molecule has 0 saturated carbocycles. The van der Waals surface area contributed by atoms with Gasteiger partial charge in [0.1, 0.15) is 0 Å². The average Bonchev–Trinajstić information content (AvgIpc) is 1.14. The van der Waals surface area contributed by atoms with Crippen molar-refractivity contribution in [3.8, 4) is 0 Å². The Morgan fingerprint density at radius 2 is 1.00 bits per heavy atom. The predicted molar refractivity (Wildman–Crippen MR) is 29.6 cm³/mol. The Bertz CT molecular complexity index is 176. The summed E-state index contributed by atoms with van der Waals surface area (Å²) in [5, 5.41) is 0. The molecule has 0 rings (SSSR count). The number of hydrogen-bond acceptors (Lipinski definition) is 3. The molecule has 64 valence electrons. The van der Waals surface area contributed by atoms with Crippen molar-refractivity contribution in [2.45, 2.75) is 0 Å². The van der Waals surface area contributed by atoms with Crippen molar-refractivity contribution in [2.24, 2.45) is 0 Å². The van der Waals surface area contributed by atoms with E-state index in [0.717, 1.165) is 0 Å². The molecule has 0 radical (unpaired) electrons. The van der Waals surface area contributed by atoms with Gasteiger partial charge in [-0.3, -0.25) is 0 Å². The van der Waals surface area contributed by atoms with E-state index in [0.29, 0.717) is 0 Å².